The first-order valence-corrected chi connectivity index (χ1v) is 8.86. The van der Waals surface area contributed by atoms with E-state index in [1.165, 1.54) is 12.1 Å². The van der Waals surface area contributed by atoms with Gasteiger partial charge in [0.25, 0.3) is 0 Å². The SMILES string of the molecule is CN1CCC(NC(=O)Nc2nc(-c3ccc(C(F)(F)F)cc3)ns2)CC1. The number of hydrogen-bond donors (Lipinski definition) is 2. The van der Waals surface area contributed by atoms with E-state index in [0.717, 1.165) is 49.6 Å². The Bertz CT molecular complexity index is 754. The molecule has 2 amide bonds. The summed E-state index contributed by atoms with van der Waals surface area (Å²) in [6.45, 7) is 1.86. The van der Waals surface area contributed by atoms with Crippen molar-refractivity contribution in [3.05, 3.63) is 29.8 Å². The molecule has 0 radical (unpaired) electrons. The number of rotatable bonds is 3. The Morgan fingerprint density at radius 2 is 1.88 bits per heavy atom. The maximum Gasteiger partial charge on any atom is 0.416 e. The van der Waals surface area contributed by atoms with Gasteiger partial charge in [0.15, 0.2) is 5.82 Å². The number of alkyl halides is 3. The molecule has 1 aromatic heterocycles. The van der Waals surface area contributed by atoms with Crippen LogP contribution in [-0.2, 0) is 6.18 Å². The third-order valence-corrected chi connectivity index (χ3v) is 4.80. The van der Waals surface area contributed by atoms with Gasteiger partial charge in [-0.05, 0) is 45.1 Å². The molecule has 0 atom stereocenters. The van der Waals surface area contributed by atoms with Crippen LogP contribution in [0.2, 0.25) is 0 Å². The van der Waals surface area contributed by atoms with Crippen molar-refractivity contribution in [2.45, 2.75) is 25.1 Å². The van der Waals surface area contributed by atoms with Gasteiger partial charge >= 0.3 is 12.2 Å². The number of hydrogen-bond acceptors (Lipinski definition) is 5. The second-order valence-corrected chi connectivity index (χ2v) is 6.93. The summed E-state index contributed by atoms with van der Waals surface area (Å²) in [7, 11) is 2.04. The van der Waals surface area contributed by atoms with Gasteiger partial charge in [-0.25, -0.2) is 4.79 Å². The van der Waals surface area contributed by atoms with Gasteiger partial charge < -0.3 is 10.2 Å². The van der Waals surface area contributed by atoms with Crippen LogP contribution in [0.4, 0.5) is 23.1 Å². The lowest BCUT2D eigenvalue weighted by molar-refractivity contribution is -0.137. The molecule has 26 heavy (non-hydrogen) atoms. The number of likely N-dealkylation sites (tertiary alicyclic amines) is 1. The number of benzene rings is 1. The van der Waals surface area contributed by atoms with E-state index in [4.69, 9.17) is 0 Å². The van der Waals surface area contributed by atoms with E-state index in [2.05, 4.69) is 24.9 Å². The minimum Gasteiger partial charge on any atom is -0.335 e. The largest absolute Gasteiger partial charge is 0.416 e. The maximum atomic E-state index is 12.6. The number of carbonyl (C=O) groups excluding carboxylic acids is 1. The van der Waals surface area contributed by atoms with Gasteiger partial charge in [0.2, 0.25) is 5.13 Å². The molecule has 140 valence electrons. The molecule has 2 heterocycles. The van der Waals surface area contributed by atoms with Crippen LogP contribution in [-0.4, -0.2) is 46.5 Å². The zero-order valence-corrected chi connectivity index (χ0v) is 14.8. The molecule has 2 aromatic rings. The fourth-order valence-corrected chi connectivity index (χ4v) is 3.26. The number of nitrogens with one attached hydrogen (secondary N) is 2. The number of piperidine rings is 1. The van der Waals surface area contributed by atoms with E-state index in [-0.39, 0.29) is 17.9 Å². The average Bonchev–Trinajstić information content (AvgIpc) is 3.04. The Labute approximate surface area is 152 Å². The third kappa shape index (κ3) is 4.70. The zero-order chi connectivity index (χ0) is 18.7. The van der Waals surface area contributed by atoms with Crippen molar-refractivity contribution in [3.8, 4) is 11.4 Å². The highest BCUT2D eigenvalue weighted by Crippen LogP contribution is 2.31. The molecule has 1 aliphatic rings. The first kappa shape index (κ1) is 18.6. The Balaban J connectivity index is 1.58. The number of nitrogens with zero attached hydrogens (tertiary/aromatic N) is 3. The van der Waals surface area contributed by atoms with Crippen molar-refractivity contribution in [2.24, 2.45) is 0 Å². The molecule has 3 rings (SSSR count). The Kier molecular flexibility index (Phi) is 5.42. The monoisotopic (exact) mass is 385 g/mol. The van der Waals surface area contributed by atoms with Crippen LogP contribution in [0.1, 0.15) is 18.4 Å². The number of anilines is 1. The van der Waals surface area contributed by atoms with Crippen LogP contribution < -0.4 is 10.6 Å². The topological polar surface area (TPSA) is 70.2 Å². The fraction of sp³-hybridized carbons (Fsp3) is 0.438. The molecule has 1 saturated heterocycles. The van der Waals surface area contributed by atoms with Gasteiger partial charge in [-0.1, -0.05) is 12.1 Å². The molecule has 0 saturated carbocycles. The lowest BCUT2D eigenvalue weighted by Gasteiger charge is -2.29. The summed E-state index contributed by atoms with van der Waals surface area (Å²) in [4.78, 5) is 18.4. The predicted octanol–water partition coefficient (Wildman–Crippen LogP) is 3.44. The highest BCUT2D eigenvalue weighted by Gasteiger charge is 2.30. The van der Waals surface area contributed by atoms with E-state index in [1.807, 2.05) is 7.05 Å². The first-order valence-electron chi connectivity index (χ1n) is 8.08. The van der Waals surface area contributed by atoms with E-state index >= 15 is 0 Å². The molecule has 1 fully saturated rings. The molecule has 0 spiro atoms. The summed E-state index contributed by atoms with van der Waals surface area (Å²) in [6, 6.07) is 4.36. The molecule has 1 aliphatic heterocycles. The van der Waals surface area contributed by atoms with E-state index in [1.54, 1.807) is 0 Å². The number of urea groups is 1. The Hall–Kier alpha value is -2.20. The average molecular weight is 385 g/mol. The van der Waals surface area contributed by atoms with Crippen molar-refractivity contribution in [3.63, 3.8) is 0 Å². The third-order valence-electron chi connectivity index (χ3n) is 4.17. The molecule has 0 aliphatic carbocycles. The van der Waals surface area contributed by atoms with Crippen molar-refractivity contribution < 1.29 is 18.0 Å². The fourth-order valence-electron chi connectivity index (χ4n) is 2.67. The predicted molar refractivity (Wildman–Crippen MR) is 93.0 cm³/mol. The standard InChI is InChI=1S/C16H18F3N5OS/c1-24-8-6-12(7-9-24)20-14(25)22-15-21-13(23-26-15)10-2-4-11(5-3-10)16(17,18)19/h2-5,12H,6-9H2,1H3,(H2,20,21,22,23,25). The number of carbonyl (C=O) groups is 1. The van der Waals surface area contributed by atoms with E-state index < -0.39 is 11.7 Å². The quantitative estimate of drug-likeness (QED) is 0.849. The minimum atomic E-state index is -4.38. The number of amides is 2. The summed E-state index contributed by atoms with van der Waals surface area (Å²) in [5.41, 5.74) is -0.273. The first-order chi connectivity index (χ1) is 12.3. The Morgan fingerprint density at radius 3 is 2.50 bits per heavy atom. The van der Waals surface area contributed by atoms with Crippen molar-refractivity contribution in [1.82, 2.24) is 19.6 Å². The second-order valence-electron chi connectivity index (χ2n) is 6.17. The molecular formula is C16H18F3N5OS. The molecule has 6 nitrogen and oxygen atoms in total. The molecule has 0 unspecified atom stereocenters. The van der Waals surface area contributed by atoms with E-state index in [9.17, 15) is 18.0 Å². The number of halogens is 3. The zero-order valence-electron chi connectivity index (χ0n) is 14.0. The van der Waals surface area contributed by atoms with Crippen LogP contribution in [0.5, 0.6) is 0 Å². The summed E-state index contributed by atoms with van der Waals surface area (Å²) in [5, 5.41) is 5.82. The maximum absolute atomic E-state index is 12.6. The summed E-state index contributed by atoms with van der Waals surface area (Å²) < 4.78 is 41.9. The summed E-state index contributed by atoms with van der Waals surface area (Å²) >= 11 is 0.981. The van der Waals surface area contributed by atoms with Gasteiger partial charge in [0.1, 0.15) is 0 Å². The lowest BCUT2D eigenvalue weighted by Crippen LogP contribution is -2.44. The highest BCUT2D eigenvalue weighted by atomic mass is 32.1. The van der Waals surface area contributed by atoms with Crippen LogP contribution in [0.15, 0.2) is 24.3 Å². The van der Waals surface area contributed by atoms with Crippen LogP contribution in [0.3, 0.4) is 0 Å². The van der Waals surface area contributed by atoms with Gasteiger partial charge in [-0.2, -0.15) is 22.5 Å². The van der Waals surface area contributed by atoms with Gasteiger partial charge in [0.05, 0.1) is 5.56 Å². The van der Waals surface area contributed by atoms with Crippen LogP contribution in [0, 0.1) is 0 Å². The highest BCUT2D eigenvalue weighted by molar-refractivity contribution is 7.10. The van der Waals surface area contributed by atoms with Crippen molar-refractivity contribution in [2.75, 3.05) is 25.5 Å². The minimum absolute atomic E-state index is 0.119. The second kappa shape index (κ2) is 7.58. The number of aromatic nitrogens is 2. The summed E-state index contributed by atoms with van der Waals surface area (Å²) in [6.07, 6.45) is -2.61. The lowest BCUT2D eigenvalue weighted by atomic mass is 10.1. The molecule has 1 aromatic carbocycles. The van der Waals surface area contributed by atoms with Gasteiger partial charge in [-0.15, -0.1) is 0 Å². The van der Waals surface area contributed by atoms with Gasteiger partial charge in [-0.3, -0.25) is 5.32 Å². The molecular weight excluding hydrogens is 367 g/mol. The normalized spacial score (nSPS) is 16.5. The van der Waals surface area contributed by atoms with Crippen molar-refractivity contribution >= 4 is 22.7 Å². The molecule has 2 N–H and O–H groups in total. The van der Waals surface area contributed by atoms with Crippen LogP contribution in [0.25, 0.3) is 11.4 Å². The van der Waals surface area contributed by atoms with Crippen molar-refractivity contribution in [1.29, 1.82) is 0 Å². The molecule has 10 heteroatoms. The van der Waals surface area contributed by atoms with Crippen LogP contribution >= 0.6 is 11.5 Å². The summed E-state index contributed by atoms with van der Waals surface area (Å²) in [5.74, 6) is 0.276. The van der Waals surface area contributed by atoms with E-state index in [0.29, 0.717) is 10.7 Å². The van der Waals surface area contributed by atoms with Gasteiger partial charge in [0, 0.05) is 23.1 Å². The smallest absolute Gasteiger partial charge is 0.335 e. The molecule has 0 bridgehead atoms. The Morgan fingerprint density at radius 1 is 1.23 bits per heavy atom.